The zero-order valence-electron chi connectivity index (χ0n) is 9.78. The van der Waals surface area contributed by atoms with Crippen LogP contribution in [0.25, 0.3) is 0 Å². The molecule has 2 heterocycles. The van der Waals surface area contributed by atoms with Crippen molar-refractivity contribution in [2.75, 3.05) is 32.5 Å². The third kappa shape index (κ3) is 2.54. The van der Waals surface area contributed by atoms with Crippen LogP contribution in [-0.4, -0.2) is 36.6 Å². The van der Waals surface area contributed by atoms with Crippen molar-refractivity contribution in [2.45, 2.75) is 25.3 Å². The normalized spacial score (nSPS) is 17.8. The minimum atomic E-state index is 0.519. The fourth-order valence-corrected chi connectivity index (χ4v) is 2.16. The maximum Gasteiger partial charge on any atom is 0.0885 e. The highest BCUT2D eigenvalue weighted by molar-refractivity contribution is 5.42. The van der Waals surface area contributed by atoms with Crippen molar-refractivity contribution in [3.63, 3.8) is 0 Å². The molecule has 0 amide bonds. The fourth-order valence-electron chi connectivity index (χ4n) is 2.16. The first-order valence-corrected chi connectivity index (χ1v) is 5.83. The Bertz CT molecular complexity index is 331. The van der Waals surface area contributed by atoms with Gasteiger partial charge in [-0.05, 0) is 25.9 Å². The van der Waals surface area contributed by atoms with E-state index >= 15 is 0 Å². The summed E-state index contributed by atoms with van der Waals surface area (Å²) in [6, 6.07) is 0. The summed E-state index contributed by atoms with van der Waals surface area (Å²) in [6.07, 6.45) is 4.17. The summed E-state index contributed by atoms with van der Waals surface area (Å²) in [5, 5.41) is 7.90. The zero-order chi connectivity index (χ0) is 11.4. The minimum Gasteiger partial charge on any atom is -0.396 e. The van der Waals surface area contributed by atoms with Crippen LogP contribution in [0.3, 0.4) is 0 Å². The maximum absolute atomic E-state index is 6.00. The Balaban J connectivity index is 2.04. The fraction of sp³-hybridized carbons (Fsp3) is 0.727. The van der Waals surface area contributed by atoms with Crippen LogP contribution in [0.15, 0.2) is 6.20 Å². The van der Waals surface area contributed by atoms with Gasteiger partial charge in [0.1, 0.15) is 0 Å². The number of nitrogens with one attached hydrogen (secondary N) is 1. The molecule has 0 radical (unpaired) electrons. The first-order chi connectivity index (χ1) is 7.81. The van der Waals surface area contributed by atoms with Gasteiger partial charge in [-0.15, -0.1) is 0 Å². The molecule has 1 aromatic rings. The number of nitrogens with zero attached hydrogens (tertiary/aromatic N) is 2. The monoisotopic (exact) mass is 224 g/mol. The molecule has 0 saturated carbocycles. The Labute approximate surface area is 96.0 Å². The lowest BCUT2D eigenvalue weighted by Crippen LogP contribution is -2.27. The third-order valence-corrected chi connectivity index (χ3v) is 3.07. The molecule has 1 aliphatic heterocycles. The van der Waals surface area contributed by atoms with Gasteiger partial charge in [-0.3, -0.25) is 4.68 Å². The molecular formula is C11H20N4O. The van der Waals surface area contributed by atoms with E-state index in [1.165, 1.54) is 0 Å². The van der Waals surface area contributed by atoms with Gasteiger partial charge in [0.15, 0.2) is 0 Å². The van der Waals surface area contributed by atoms with Crippen LogP contribution in [0, 0.1) is 0 Å². The maximum atomic E-state index is 6.00. The number of nitrogen functional groups attached to an aromatic ring is 1. The van der Waals surface area contributed by atoms with E-state index in [2.05, 4.69) is 10.4 Å². The van der Waals surface area contributed by atoms with Crippen LogP contribution >= 0.6 is 0 Å². The summed E-state index contributed by atoms with van der Waals surface area (Å²) in [4.78, 5) is 0. The molecule has 2 rings (SSSR count). The van der Waals surface area contributed by atoms with Gasteiger partial charge in [-0.1, -0.05) is 0 Å². The van der Waals surface area contributed by atoms with E-state index in [0.29, 0.717) is 12.5 Å². The quantitative estimate of drug-likeness (QED) is 0.785. The third-order valence-electron chi connectivity index (χ3n) is 3.07. The number of nitrogens with two attached hydrogens (primary N) is 1. The second-order valence-electron chi connectivity index (χ2n) is 4.25. The van der Waals surface area contributed by atoms with Crippen molar-refractivity contribution < 1.29 is 4.74 Å². The molecule has 0 spiro atoms. The van der Waals surface area contributed by atoms with Crippen molar-refractivity contribution in [1.29, 1.82) is 0 Å². The van der Waals surface area contributed by atoms with E-state index in [4.69, 9.17) is 10.5 Å². The van der Waals surface area contributed by atoms with Crippen LogP contribution in [0.1, 0.15) is 24.5 Å². The highest BCUT2D eigenvalue weighted by Gasteiger charge is 2.20. The Kier molecular flexibility index (Phi) is 3.79. The van der Waals surface area contributed by atoms with Crippen LogP contribution in [0.5, 0.6) is 0 Å². The second kappa shape index (κ2) is 5.32. The molecule has 1 aliphatic rings. The molecule has 0 bridgehead atoms. The second-order valence-corrected chi connectivity index (χ2v) is 4.25. The number of ether oxygens (including phenoxy) is 1. The summed E-state index contributed by atoms with van der Waals surface area (Å²) in [7, 11) is 1.70. The number of piperidine rings is 1. The van der Waals surface area contributed by atoms with E-state index in [1.807, 2.05) is 10.9 Å². The highest BCUT2D eigenvalue weighted by Crippen LogP contribution is 2.27. The molecule has 5 heteroatoms. The van der Waals surface area contributed by atoms with Crippen LogP contribution < -0.4 is 11.1 Å². The number of anilines is 1. The molecule has 0 aromatic carbocycles. The topological polar surface area (TPSA) is 65.1 Å². The zero-order valence-corrected chi connectivity index (χ0v) is 9.78. The molecule has 0 aliphatic carbocycles. The molecule has 0 atom stereocenters. The van der Waals surface area contributed by atoms with Gasteiger partial charge >= 0.3 is 0 Å². The number of rotatable bonds is 4. The van der Waals surface area contributed by atoms with Crippen molar-refractivity contribution >= 4 is 5.69 Å². The molecule has 5 nitrogen and oxygen atoms in total. The average Bonchev–Trinajstić information content (AvgIpc) is 2.69. The Morgan fingerprint density at radius 1 is 1.56 bits per heavy atom. The van der Waals surface area contributed by atoms with E-state index in [9.17, 15) is 0 Å². The largest absolute Gasteiger partial charge is 0.396 e. The first kappa shape index (κ1) is 11.4. The predicted octanol–water partition coefficient (Wildman–Crippen LogP) is 0.579. The number of hydrogen-bond donors (Lipinski definition) is 2. The molecule has 1 fully saturated rings. The lowest BCUT2D eigenvalue weighted by Gasteiger charge is -2.21. The number of hydrogen-bond acceptors (Lipinski definition) is 4. The summed E-state index contributed by atoms with van der Waals surface area (Å²) in [6.45, 7) is 3.57. The molecule has 90 valence electrons. The highest BCUT2D eigenvalue weighted by atomic mass is 16.5. The standard InChI is InChI=1S/C11H20N4O/c1-16-7-6-15-8-10(12)11(14-15)9-2-4-13-5-3-9/h8-9,13H,2-7,12H2,1H3. The van der Waals surface area contributed by atoms with Gasteiger partial charge in [0, 0.05) is 19.2 Å². The summed E-state index contributed by atoms with van der Waals surface area (Å²) >= 11 is 0. The Morgan fingerprint density at radius 2 is 2.31 bits per heavy atom. The van der Waals surface area contributed by atoms with E-state index < -0.39 is 0 Å². The average molecular weight is 224 g/mol. The molecule has 16 heavy (non-hydrogen) atoms. The Morgan fingerprint density at radius 3 is 3.00 bits per heavy atom. The SMILES string of the molecule is COCCn1cc(N)c(C2CCNCC2)n1. The first-order valence-electron chi connectivity index (χ1n) is 5.83. The van der Waals surface area contributed by atoms with Crippen molar-refractivity contribution in [3.8, 4) is 0 Å². The van der Waals surface area contributed by atoms with Crippen LogP contribution in [0.4, 0.5) is 5.69 Å². The van der Waals surface area contributed by atoms with E-state index in [0.717, 1.165) is 43.9 Å². The van der Waals surface area contributed by atoms with Gasteiger partial charge in [-0.25, -0.2) is 0 Å². The van der Waals surface area contributed by atoms with Crippen molar-refractivity contribution in [1.82, 2.24) is 15.1 Å². The lowest BCUT2D eigenvalue weighted by molar-refractivity contribution is 0.183. The smallest absolute Gasteiger partial charge is 0.0885 e. The molecule has 1 aromatic heterocycles. The molecular weight excluding hydrogens is 204 g/mol. The van der Waals surface area contributed by atoms with Gasteiger partial charge in [0.2, 0.25) is 0 Å². The number of aromatic nitrogens is 2. The molecule has 1 saturated heterocycles. The van der Waals surface area contributed by atoms with Gasteiger partial charge in [-0.2, -0.15) is 5.10 Å². The van der Waals surface area contributed by atoms with Gasteiger partial charge < -0.3 is 15.8 Å². The van der Waals surface area contributed by atoms with Crippen LogP contribution in [0.2, 0.25) is 0 Å². The lowest BCUT2D eigenvalue weighted by atomic mass is 9.94. The van der Waals surface area contributed by atoms with E-state index in [-0.39, 0.29) is 0 Å². The summed E-state index contributed by atoms with van der Waals surface area (Å²) in [5.41, 5.74) is 7.89. The Hall–Kier alpha value is -1.07. The predicted molar refractivity (Wildman–Crippen MR) is 63.4 cm³/mol. The molecule has 3 N–H and O–H groups in total. The van der Waals surface area contributed by atoms with Gasteiger partial charge in [0.05, 0.1) is 24.5 Å². The summed E-state index contributed by atoms with van der Waals surface area (Å²) in [5.74, 6) is 0.519. The molecule has 0 unspecified atom stereocenters. The minimum absolute atomic E-state index is 0.519. The van der Waals surface area contributed by atoms with Crippen molar-refractivity contribution in [2.24, 2.45) is 0 Å². The van der Waals surface area contributed by atoms with E-state index in [1.54, 1.807) is 7.11 Å². The van der Waals surface area contributed by atoms with Crippen molar-refractivity contribution in [3.05, 3.63) is 11.9 Å². The van der Waals surface area contributed by atoms with Crippen LogP contribution in [-0.2, 0) is 11.3 Å². The van der Waals surface area contributed by atoms with Gasteiger partial charge in [0.25, 0.3) is 0 Å². The summed E-state index contributed by atoms with van der Waals surface area (Å²) < 4.78 is 6.91. The number of methoxy groups -OCH3 is 1.